The lowest BCUT2D eigenvalue weighted by molar-refractivity contribution is 0.0579. The molecule has 2 nitrogen and oxygen atoms in total. The zero-order valence-electron chi connectivity index (χ0n) is 21.9. The normalized spacial score (nSPS) is 21.9. The third-order valence-electron chi connectivity index (χ3n) is 7.94. The SMILES string of the molecule is C=CCCOc1ccc(C2CCC(CCc3ccc(C4=CCC(OCC)CC4)c(F)c3F)CC2)c(F)c1. The molecule has 2 aliphatic carbocycles. The molecule has 200 valence electrons. The van der Waals surface area contributed by atoms with E-state index in [0.717, 1.165) is 62.5 Å². The summed E-state index contributed by atoms with van der Waals surface area (Å²) in [6.07, 6.45) is 12.0. The fraction of sp³-hybridized carbons (Fsp3) is 0.500. The molecule has 2 aliphatic rings. The average Bonchev–Trinajstić information content (AvgIpc) is 2.91. The summed E-state index contributed by atoms with van der Waals surface area (Å²) in [5, 5.41) is 0. The highest BCUT2D eigenvalue weighted by Crippen LogP contribution is 2.39. The maximum Gasteiger partial charge on any atom is 0.166 e. The first-order valence-electron chi connectivity index (χ1n) is 13.8. The number of halogens is 3. The molecule has 5 heteroatoms. The first-order valence-corrected chi connectivity index (χ1v) is 13.8. The van der Waals surface area contributed by atoms with E-state index in [0.29, 0.717) is 48.8 Å². The van der Waals surface area contributed by atoms with Crippen molar-refractivity contribution in [2.45, 2.75) is 83.2 Å². The van der Waals surface area contributed by atoms with Crippen molar-refractivity contribution in [2.75, 3.05) is 13.2 Å². The highest BCUT2D eigenvalue weighted by Gasteiger charge is 2.26. The molecule has 0 aliphatic heterocycles. The van der Waals surface area contributed by atoms with Gasteiger partial charge in [-0.1, -0.05) is 30.4 Å². The van der Waals surface area contributed by atoms with Gasteiger partial charge in [0.05, 0.1) is 12.7 Å². The summed E-state index contributed by atoms with van der Waals surface area (Å²) in [4.78, 5) is 0. The van der Waals surface area contributed by atoms with Gasteiger partial charge < -0.3 is 9.47 Å². The monoisotopic (exact) mass is 512 g/mol. The maximum atomic E-state index is 15.0. The third-order valence-corrected chi connectivity index (χ3v) is 7.94. The van der Waals surface area contributed by atoms with Crippen LogP contribution in [0.1, 0.15) is 87.3 Å². The Kier molecular flexibility index (Phi) is 9.90. The topological polar surface area (TPSA) is 18.5 Å². The van der Waals surface area contributed by atoms with Gasteiger partial charge in [-0.2, -0.15) is 0 Å². The van der Waals surface area contributed by atoms with Crippen LogP contribution in [0.2, 0.25) is 0 Å². The summed E-state index contributed by atoms with van der Waals surface area (Å²) >= 11 is 0. The van der Waals surface area contributed by atoms with Crippen LogP contribution in [0.4, 0.5) is 13.2 Å². The van der Waals surface area contributed by atoms with Gasteiger partial charge in [0.2, 0.25) is 0 Å². The molecule has 1 saturated carbocycles. The van der Waals surface area contributed by atoms with E-state index < -0.39 is 11.6 Å². The first kappa shape index (κ1) is 27.5. The maximum absolute atomic E-state index is 15.0. The minimum Gasteiger partial charge on any atom is -0.493 e. The minimum atomic E-state index is -0.727. The van der Waals surface area contributed by atoms with Crippen LogP contribution in [0.25, 0.3) is 5.57 Å². The van der Waals surface area contributed by atoms with E-state index in [1.165, 1.54) is 6.07 Å². The van der Waals surface area contributed by atoms with Gasteiger partial charge in [0.25, 0.3) is 0 Å². The number of aryl methyl sites for hydroxylation is 1. The second-order valence-corrected chi connectivity index (χ2v) is 10.3. The Bertz CT molecular complexity index is 1090. The molecule has 0 aromatic heterocycles. The zero-order chi connectivity index (χ0) is 26.2. The van der Waals surface area contributed by atoms with Gasteiger partial charge >= 0.3 is 0 Å². The highest BCUT2D eigenvalue weighted by molar-refractivity contribution is 5.67. The first-order chi connectivity index (χ1) is 18.0. The van der Waals surface area contributed by atoms with E-state index in [-0.39, 0.29) is 17.8 Å². The number of hydrogen-bond donors (Lipinski definition) is 0. The van der Waals surface area contributed by atoms with Crippen LogP contribution in [0.5, 0.6) is 5.75 Å². The Labute approximate surface area is 219 Å². The molecule has 1 atom stereocenters. The van der Waals surface area contributed by atoms with Crippen molar-refractivity contribution in [1.82, 2.24) is 0 Å². The van der Waals surface area contributed by atoms with Crippen molar-refractivity contribution < 1.29 is 22.6 Å². The number of hydrogen-bond acceptors (Lipinski definition) is 2. The number of rotatable bonds is 11. The summed E-state index contributed by atoms with van der Waals surface area (Å²) in [5.74, 6) is -0.464. The molecule has 0 spiro atoms. The number of ether oxygens (including phenoxy) is 2. The van der Waals surface area contributed by atoms with Crippen LogP contribution < -0.4 is 4.74 Å². The van der Waals surface area contributed by atoms with Gasteiger partial charge in [0.1, 0.15) is 11.6 Å². The van der Waals surface area contributed by atoms with Crippen molar-refractivity contribution in [1.29, 1.82) is 0 Å². The summed E-state index contributed by atoms with van der Waals surface area (Å²) in [5.41, 5.74) is 2.46. The predicted octanol–water partition coefficient (Wildman–Crippen LogP) is 8.94. The second kappa shape index (κ2) is 13.3. The Balaban J connectivity index is 1.28. The lowest BCUT2D eigenvalue weighted by atomic mass is 9.76. The molecule has 0 radical (unpaired) electrons. The third kappa shape index (κ3) is 7.07. The fourth-order valence-corrected chi connectivity index (χ4v) is 5.78. The van der Waals surface area contributed by atoms with Crippen molar-refractivity contribution in [3.05, 3.63) is 83.2 Å². The average molecular weight is 513 g/mol. The highest BCUT2D eigenvalue weighted by atomic mass is 19.2. The van der Waals surface area contributed by atoms with Gasteiger partial charge in [-0.05, 0) is 106 Å². The molecule has 2 aromatic carbocycles. The largest absolute Gasteiger partial charge is 0.493 e. The second-order valence-electron chi connectivity index (χ2n) is 10.3. The van der Waals surface area contributed by atoms with E-state index in [1.54, 1.807) is 18.2 Å². The Morgan fingerprint density at radius 3 is 2.49 bits per heavy atom. The van der Waals surface area contributed by atoms with Crippen LogP contribution in [-0.2, 0) is 11.2 Å². The number of benzene rings is 2. The molecule has 0 amide bonds. The standard InChI is InChI=1S/C32H39F3O2/c1-3-5-20-37-27-17-19-28(30(33)21-27)23-9-6-22(7-10-23)8-11-25-14-18-29(32(35)31(25)34)24-12-15-26(16-13-24)36-4-2/h3,12,14,17-19,21-23,26H,1,4-11,13,15-16,20H2,2H3. The summed E-state index contributed by atoms with van der Waals surface area (Å²) in [6.45, 7) is 6.80. The lowest BCUT2D eigenvalue weighted by Gasteiger charge is -2.29. The van der Waals surface area contributed by atoms with Crippen LogP contribution in [-0.4, -0.2) is 19.3 Å². The van der Waals surface area contributed by atoms with Crippen molar-refractivity contribution in [2.24, 2.45) is 5.92 Å². The van der Waals surface area contributed by atoms with E-state index >= 15 is 0 Å². The van der Waals surface area contributed by atoms with Gasteiger partial charge in [-0.15, -0.1) is 6.58 Å². The molecule has 1 fully saturated rings. The predicted molar refractivity (Wildman–Crippen MR) is 143 cm³/mol. The molecule has 0 bridgehead atoms. The number of allylic oxidation sites excluding steroid dienone is 1. The summed E-state index contributed by atoms with van der Waals surface area (Å²) in [7, 11) is 0. The Hall–Kier alpha value is -2.53. The van der Waals surface area contributed by atoms with Crippen molar-refractivity contribution >= 4 is 5.57 Å². The molecule has 0 N–H and O–H groups in total. The zero-order valence-corrected chi connectivity index (χ0v) is 21.9. The molecule has 0 heterocycles. The lowest BCUT2D eigenvalue weighted by Crippen LogP contribution is -2.16. The molecule has 4 rings (SSSR count). The van der Waals surface area contributed by atoms with Gasteiger partial charge in [0.15, 0.2) is 11.6 Å². The molecule has 2 aromatic rings. The fourth-order valence-electron chi connectivity index (χ4n) is 5.78. The Morgan fingerprint density at radius 2 is 1.81 bits per heavy atom. The molecule has 0 saturated heterocycles. The molecule has 1 unspecified atom stereocenters. The van der Waals surface area contributed by atoms with E-state index in [2.05, 4.69) is 6.58 Å². The molecule has 37 heavy (non-hydrogen) atoms. The quantitative estimate of drug-likeness (QED) is 0.221. The Morgan fingerprint density at radius 1 is 1.00 bits per heavy atom. The van der Waals surface area contributed by atoms with Crippen LogP contribution >= 0.6 is 0 Å². The van der Waals surface area contributed by atoms with E-state index in [9.17, 15) is 13.2 Å². The van der Waals surface area contributed by atoms with Crippen molar-refractivity contribution in [3.8, 4) is 5.75 Å². The molecular formula is C32H39F3O2. The van der Waals surface area contributed by atoms with Gasteiger partial charge in [-0.25, -0.2) is 13.2 Å². The molecular weight excluding hydrogens is 473 g/mol. The summed E-state index contributed by atoms with van der Waals surface area (Å²) < 4.78 is 55.8. The van der Waals surface area contributed by atoms with E-state index in [4.69, 9.17) is 9.47 Å². The van der Waals surface area contributed by atoms with Crippen LogP contribution in [0, 0.1) is 23.4 Å². The van der Waals surface area contributed by atoms with E-state index in [1.807, 2.05) is 25.1 Å². The summed E-state index contributed by atoms with van der Waals surface area (Å²) in [6, 6.07) is 8.66. The van der Waals surface area contributed by atoms with Crippen LogP contribution in [0.3, 0.4) is 0 Å². The van der Waals surface area contributed by atoms with Gasteiger partial charge in [0, 0.05) is 18.2 Å². The minimum absolute atomic E-state index is 0.174. The van der Waals surface area contributed by atoms with Crippen molar-refractivity contribution in [3.63, 3.8) is 0 Å². The van der Waals surface area contributed by atoms with Gasteiger partial charge in [-0.3, -0.25) is 0 Å². The smallest absolute Gasteiger partial charge is 0.166 e. The van der Waals surface area contributed by atoms with Crippen LogP contribution in [0.15, 0.2) is 49.1 Å².